The minimum absolute atomic E-state index is 0.133. The van der Waals surface area contributed by atoms with E-state index in [1.54, 1.807) is 19.3 Å². The summed E-state index contributed by atoms with van der Waals surface area (Å²) in [6, 6.07) is 11.8. The molecule has 0 radical (unpaired) electrons. The maximum Gasteiger partial charge on any atom is 0.289 e. The summed E-state index contributed by atoms with van der Waals surface area (Å²) in [5, 5.41) is 9.77. The van der Waals surface area contributed by atoms with Crippen LogP contribution in [0.25, 0.3) is 0 Å². The second-order valence-electron chi connectivity index (χ2n) is 7.17. The molecule has 1 aromatic heterocycles. The first-order valence-electron chi connectivity index (χ1n) is 10.2. The van der Waals surface area contributed by atoms with Crippen molar-refractivity contribution in [3.63, 3.8) is 0 Å². The van der Waals surface area contributed by atoms with Crippen LogP contribution in [0, 0.1) is 0 Å². The van der Waals surface area contributed by atoms with Crippen LogP contribution in [-0.2, 0) is 11.3 Å². The molecule has 2 heterocycles. The van der Waals surface area contributed by atoms with E-state index < -0.39 is 0 Å². The fourth-order valence-corrected chi connectivity index (χ4v) is 3.91. The zero-order valence-corrected chi connectivity index (χ0v) is 19.8. The standard InChI is InChI=1S/C23H23ClN6O2S/c1-14-12-32-23(28-14)30-15-4-6-19(25-2)17(10-15)22(26-3)29-16-5-7-20(18(24)11-16)31-13-21-27-8-9-33-21/h4-11,14H,2,12-13H2,1,3H3,(H,26,29)(H,28,30). The number of thiazole rings is 1. The van der Waals surface area contributed by atoms with Gasteiger partial charge in [0, 0.05) is 35.6 Å². The predicted octanol–water partition coefficient (Wildman–Crippen LogP) is 5.38. The van der Waals surface area contributed by atoms with Crippen molar-refractivity contribution in [2.45, 2.75) is 19.6 Å². The Bertz CT molecular complexity index is 1200. The van der Waals surface area contributed by atoms with E-state index >= 15 is 0 Å². The number of hydrogen-bond donors (Lipinski definition) is 2. The lowest BCUT2D eigenvalue weighted by atomic mass is 10.1. The fraction of sp³-hybridized carbons (Fsp3) is 0.217. The van der Waals surface area contributed by atoms with Crippen molar-refractivity contribution in [3.05, 3.63) is 63.6 Å². The molecule has 4 rings (SSSR count). The molecule has 8 nitrogen and oxygen atoms in total. The zero-order valence-electron chi connectivity index (χ0n) is 18.2. The first-order chi connectivity index (χ1) is 16.1. The Balaban J connectivity index is 1.51. The van der Waals surface area contributed by atoms with Crippen LogP contribution in [0.5, 0.6) is 5.75 Å². The summed E-state index contributed by atoms with van der Waals surface area (Å²) < 4.78 is 11.3. The molecular formula is C23H23ClN6O2S. The van der Waals surface area contributed by atoms with Crippen LogP contribution in [0.15, 0.2) is 63.0 Å². The maximum atomic E-state index is 6.45. The maximum absolute atomic E-state index is 6.45. The van der Waals surface area contributed by atoms with E-state index in [1.165, 1.54) is 11.3 Å². The van der Waals surface area contributed by atoms with Gasteiger partial charge in [0.2, 0.25) is 0 Å². The van der Waals surface area contributed by atoms with Gasteiger partial charge in [-0.25, -0.2) is 9.98 Å². The third-order valence-electron chi connectivity index (χ3n) is 4.73. The third kappa shape index (κ3) is 5.68. The van der Waals surface area contributed by atoms with E-state index in [1.807, 2.05) is 42.6 Å². The van der Waals surface area contributed by atoms with Crippen molar-refractivity contribution in [1.82, 2.24) is 4.98 Å². The van der Waals surface area contributed by atoms with E-state index in [4.69, 9.17) is 21.1 Å². The first kappa shape index (κ1) is 22.8. The van der Waals surface area contributed by atoms with Gasteiger partial charge in [0.1, 0.15) is 29.8 Å². The highest BCUT2D eigenvalue weighted by Crippen LogP contribution is 2.30. The van der Waals surface area contributed by atoms with Gasteiger partial charge in [-0.2, -0.15) is 0 Å². The zero-order chi connectivity index (χ0) is 23.2. The predicted molar refractivity (Wildman–Crippen MR) is 136 cm³/mol. The lowest BCUT2D eigenvalue weighted by Gasteiger charge is -2.15. The van der Waals surface area contributed by atoms with Crippen molar-refractivity contribution >= 4 is 58.6 Å². The molecule has 1 unspecified atom stereocenters. The van der Waals surface area contributed by atoms with E-state index in [-0.39, 0.29) is 6.04 Å². The number of nitrogens with zero attached hydrogens (tertiary/aromatic N) is 4. The summed E-state index contributed by atoms with van der Waals surface area (Å²) in [7, 11) is 1.70. The summed E-state index contributed by atoms with van der Waals surface area (Å²) in [4.78, 5) is 17.2. The van der Waals surface area contributed by atoms with Crippen LogP contribution < -0.4 is 15.4 Å². The highest BCUT2D eigenvalue weighted by Gasteiger charge is 2.16. The van der Waals surface area contributed by atoms with Crippen LogP contribution in [-0.4, -0.2) is 43.3 Å². The Morgan fingerprint density at radius 1 is 1.30 bits per heavy atom. The average molecular weight is 483 g/mol. The van der Waals surface area contributed by atoms with E-state index in [0.29, 0.717) is 41.5 Å². The van der Waals surface area contributed by atoms with Crippen LogP contribution in [0.2, 0.25) is 5.02 Å². The van der Waals surface area contributed by atoms with Gasteiger partial charge in [-0.05, 0) is 50.0 Å². The summed E-state index contributed by atoms with van der Waals surface area (Å²) in [6.45, 7) is 6.61. The van der Waals surface area contributed by atoms with Crippen molar-refractivity contribution in [3.8, 4) is 5.75 Å². The molecule has 3 aromatic rings. The minimum Gasteiger partial charge on any atom is -0.485 e. The smallest absolute Gasteiger partial charge is 0.289 e. The van der Waals surface area contributed by atoms with Gasteiger partial charge < -0.3 is 20.1 Å². The van der Waals surface area contributed by atoms with Gasteiger partial charge in [-0.3, -0.25) is 9.98 Å². The number of hydrogen-bond acceptors (Lipinski definition) is 8. The van der Waals surface area contributed by atoms with Gasteiger partial charge in [-0.1, -0.05) is 11.6 Å². The third-order valence-corrected chi connectivity index (χ3v) is 5.77. The number of aromatic nitrogens is 1. The molecule has 2 N–H and O–H groups in total. The number of nitrogens with one attached hydrogen (secondary N) is 2. The highest BCUT2D eigenvalue weighted by molar-refractivity contribution is 7.09. The molecule has 0 bridgehead atoms. The van der Waals surface area contributed by atoms with Gasteiger partial charge in [0.15, 0.2) is 0 Å². The van der Waals surface area contributed by atoms with Gasteiger partial charge in [0.25, 0.3) is 6.02 Å². The lowest BCUT2D eigenvalue weighted by Crippen LogP contribution is -2.16. The van der Waals surface area contributed by atoms with E-state index in [9.17, 15) is 0 Å². The summed E-state index contributed by atoms with van der Waals surface area (Å²) in [5.74, 6) is 1.19. The number of benzene rings is 2. The summed E-state index contributed by atoms with van der Waals surface area (Å²) in [6.07, 6.45) is 1.75. The number of anilines is 2. The molecular weight excluding hydrogens is 460 g/mol. The van der Waals surface area contributed by atoms with Gasteiger partial charge >= 0.3 is 0 Å². The molecule has 0 aliphatic carbocycles. The molecule has 1 aliphatic rings. The minimum atomic E-state index is 0.133. The van der Waals surface area contributed by atoms with Crippen LogP contribution in [0.1, 0.15) is 17.5 Å². The van der Waals surface area contributed by atoms with Crippen LogP contribution in [0.3, 0.4) is 0 Å². The molecule has 0 spiro atoms. The average Bonchev–Trinajstić information content (AvgIpc) is 3.48. The van der Waals surface area contributed by atoms with Crippen molar-refractivity contribution in [1.29, 1.82) is 0 Å². The summed E-state index contributed by atoms with van der Waals surface area (Å²) in [5.41, 5.74) is 3.01. The topological polar surface area (TPSA) is 92.5 Å². The number of rotatable bonds is 7. The second-order valence-corrected chi connectivity index (χ2v) is 8.55. The molecule has 2 aromatic carbocycles. The Kier molecular flexibility index (Phi) is 7.21. The van der Waals surface area contributed by atoms with E-state index in [0.717, 1.165) is 21.9 Å². The number of aliphatic imine (C=N–C) groups is 3. The molecule has 1 atom stereocenters. The molecule has 10 heteroatoms. The van der Waals surface area contributed by atoms with Crippen molar-refractivity contribution < 1.29 is 9.47 Å². The number of amidine groups is 2. The Hall–Kier alpha value is -3.43. The van der Waals surface area contributed by atoms with Crippen LogP contribution in [0.4, 0.5) is 17.1 Å². The number of halogens is 1. The molecule has 0 saturated heterocycles. The number of ether oxygens (including phenoxy) is 2. The van der Waals surface area contributed by atoms with Crippen molar-refractivity contribution in [2.75, 3.05) is 24.3 Å². The normalized spacial score (nSPS) is 15.5. The largest absolute Gasteiger partial charge is 0.485 e. The molecule has 0 saturated carbocycles. The molecule has 170 valence electrons. The quantitative estimate of drug-likeness (QED) is 0.348. The Morgan fingerprint density at radius 2 is 2.15 bits per heavy atom. The SMILES string of the molecule is C=Nc1ccc(NC2=NC(C)CO2)cc1/C(=N\C)Nc1ccc(OCc2nccs2)c(Cl)c1. The summed E-state index contributed by atoms with van der Waals surface area (Å²) >= 11 is 7.98. The molecule has 0 fully saturated rings. The monoisotopic (exact) mass is 482 g/mol. The second kappa shape index (κ2) is 10.5. The Labute approximate surface area is 201 Å². The molecule has 0 amide bonds. The Morgan fingerprint density at radius 3 is 2.82 bits per heavy atom. The first-order valence-corrected chi connectivity index (χ1v) is 11.4. The van der Waals surface area contributed by atoms with Gasteiger partial charge in [-0.15, -0.1) is 11.3 Å². The highest BCUT2D eigenvalue weighted by atomic mass is 35.5. The van der Waals surface area contributed by atoms with Gasteiger partial charge in [0.05, 0.1) is 16.8 Å². The van der Waals surface area contributed by atoms with Crippen LogP contribution >= 0.6 is 22.9 Å². The van der Waals surface area contributed by atoms with E-state index in [2.05, 4.69) is 37.3 Å². The lowest BCUT2D eigenvalue weighted by molar-refractivity contribution is 0.306. The fourth-order valence-electron chi connectivity index (χ4n) is 3.15. The molecule has 33 heavy (non-hydrogen) atoms. The molecule has 1 aliphatic heterocycles. The van der Waals surface area contributed by atoms with Crippen molar-refractivity contribution in [2.24, 2.45) is 15.0 Å².